The third-order valence-corrected chi connectivity index (χ3v) is 4.15. The van der Waals surface area contributed by atoms with E-state index in [2.05, 4.69) is 29.1 Å². The lowest BCUT2D eigenvalue weighted by molar-refractivity contribution is -0.0287. The molecule has 21 heavy (non-hydrogen) atoms. The van der Waals surface area contributed by atoms with Crippen LogP contribution in [0.4, 0.5) is 0 Å². The minimum absolute atomic E-state index is 0.279. The normalized spacial score (nSPS) is 18.3. The molecule has 0 bridgehead atoms. The minimum Gasteiger partial charge on any atom is -0.380 e. The van der Waals surface area contributed by atoms with E-state index < -0.39 is 5.60 Å². The van der Waals surface area contributed by atoms with Crippen LogP contribution in [0.1, 0.15) is 63.5 Å². The highest BCUT2D eigenvalue weighted by Gasteiger charge is 2.37. The van der Waals surface area contributed by atoms with E-state index >= 15 is 0 Å². The first-order valence-electron chi connectivity index (χ1n) is 7.60. The van der Waals surface area contributed by atoms with Gasteiger partial charge in [0.1, 0.15) is 5.60 Å². The van der Waals surface area contributed by atoms with Crippen LogP contribution in [0.3, 0.4) is 0 Å². The Morgan fingerprint density at radius 3 is 2.67 bits per heavy atom. The molecule has 2 heterocycles. The van der Waals surface area contributed by atoms with Gasteiger partial charge in [-0.2, -0.15) is 10.1 Å². The maximum absolute atomic E-state index is 10.7. The third kappa shape index (κ3) is 2.60. The van der Waals surface area contributed by atoms with Crippen LogP contribution >= 0.6 is 0 Å². The van der Waals surface area contributed by atoms with E-state index in [1.165, 1.54) is 0 Å². The molecule has 0 radical (unpaired) electrons. The molecule has 0 atom stereocenters. The van der Waals surface area contributed by atoms with Crippen LogP contribution in [-0.4, -0.2) is 25.0 Å². The topological polar surface area (TPSA) is 77.0 Å². The van der Waals surface area contributed by atoms with Gasteiger partial charge in [-0.05, 0) is 18.8 Å². The zero-order chi connectivity index (χ0) is 15.0. The fraction of sp³-hybridized carbons (Fsp3) is 0.667. The van der Waals surface area contributed by atoms with Crippen molar-refractivity contribution < 1.29 is 9.63 Å². The van der Waals surface area contributed by atoms with E-state index in [4.69, 9.17) is 4.52 Å². The van der Waals surface area contributed by atoms with Gasteiger partial charge in [0.2, 0.25) is 5.82 Å². The van der Waals surface area contributed by atoms with Crippen molar-refractivity contribution in [3.05, 3.63) is 17.8 Å². The Hall–Kier alpha value is -1.69. The average molecular weight is 290 g/mol. The Morgan fingerprint density at radius 2 is 2.00 bits per heavy atom. The van der Waals surface area contributed by atoms with Crippen LogP contribution in [-0.2, 0) is 12.6 Å². The molecule has 0 amide bonds. The number of hydrogen-bond donors (Lipinski definition) is 1. The summed E-state index contributed by atoms with van der Waals surface area (Å²) in [5.74, 6) is 1.14. The summed E-state index contributed by atoms with van der Waals surface area (Å²) < 4.78 is 7.12. The number of aliphatic hydroxyl groups is 1. The highest BCUT2D eigenvalue weighted by Crippen LogP contribution is 2.37. The molecule has 1 aliphatic rings. The molecule has 114 valence electrons. The first-order valence-corrected chi connectivity index (χ1v) is 7.60. The minimum atomic E-state index is -0.955. The summed E-state index contributed by atoms with van der Waals surface area (Å²) in [6.07, 6.45) is 6.44. The third-order valence-electron chi connectivity index (χ3n) is 4.15. The molecule has 0 spiro atoms. The lowest BCUT2D eigenvalue weighted by Gasteiger charge is -2.27. The van der Waals surface area contributed by atoms with Gasteiger partial charge in [0.15, 0.2) is 0 Å². The van der Waals surface area contributed by atoms with Crippen LogP contribution in [0, 0.1) is 0 Å². The Morgan fingerprint density at radius 1 is 1.29 bits per heavy atom. The monoisotopic (exact) mass is 290 g/mol. The van der Waals surface area contributed by atoms with E-state index in [1.807, 2.05) is 13.2 Å². The van der Waals surface area contributed by atoms with Crippen molar-refractivity contribution in [1.29, 1.82) is 0 Å². The Kier molecular flexibility index (Phi) is 3.57. The van der Waals surface area contributed by atoms with Crippen LogP contribution in [0.2, 0.25) is 0 Å². The molecule has 0 aromatic carbocycles. The van der Waals surface area contributed by atoms with Crippen molar-refractivity contribution in [3.8, 4) is 11.4 Å². The molecule has 1 aliphatic carbocycles. The fourth-order valence-electron chi connectivity index (χ4n) is 2.98. The molecule has 3 rings (SSSR count). The van der Waals surface area contributed by atoms with Gasteiger partial charge in [0.05, 0.1) is 11.3 Å². The van der Waals surface area contributed by atoms with Crippen molar-refractivity contribution in [2.24, 2.45) is 7.05 Å². The molecular formula is C15H22N4O2. The predicted molar refractivity (Wildman–Crippen MR) is 77.6 cm³/mol. The number of hydrogen-bond acceptors (Lipinski definition) is 5. The maximum Gasteiger partial charge on any atom is 0.258 e. The molecule has 6 nitrogen and oxygen atoms in total. The molecule has 6 heteroatoms. The number of nitrogens with zero attached hydrogens (tertiary/aromatic N) is 4. The summed E-state index contributed by atoms with van der Waals surface area (Å²) >= 11 is 0. The van der Waals surface area contributed by atoms with Gasteiger partial charge < -0.3 is 9.63 Å². The summed E-state index contributed by atoms with van der Waals surface area (Å²) in [5.41, 5.74) is 0.867. The Bertz CT molecular complexity index is 623. The second-order valence-electron chi connectivity index (χ2n) is 6.27. The van der Waals surface area contributed by atoms with Gasteiger partial charge in [-0.3, -0.25) is 4.68 Å². The zero-order valence-corrected chi connectivity index (χ0v) is 12.8. The fourth-order valence-corrected chi connectivity index (χ4v) is 2.98. The molecule has 1 saturated carbocycles. The summed E-state index contributed by atoms with van der Waals surface area (Å²) in [7, 11) is 1.88. The van der Waals surface area contributed by atoms with E-state index in [0.29, 0.717) is 24.6 Å². The van der Waals surface area contributed by atoms with Gasteiger partial charge in [0.25, 0.3) is 5.89 Å². The van der Waals surface area contributed by atoms with E-state index in [0.717, 1.165) is 30.5 Å². The highest BCUT2D eigenvalue weighted by atomic mass is 16.5. The number of rotatable bonds is 3. The predicted octanol–water partition coefficient (Wildman–Crippen LogP) is 2.75. The summed E-state index contributed by atoms with van der Waals surface area (Å²) in [4.78, 5) is 4.45. The molecule has 0 aliphatic heterocycles. The van der Waals surface area contributed by atoms with Gasteiger partial charge in [-0.15, -0.1) is 0 Å². The first-order chi connectivity index (χ1) is 9.99. The van der Waals surface area contributed by atoms with Crippen LogP contribution < -0.4 is 0 Å². The molecule has 1 N–H and O–H groups in total. The van der Waals surface area contributed by atoms with Crippen molar-refractivity contribution in [2.45, 2.75) is 57.5 Å². The molecule has 2 aromatic heterocycles. The van der Waals surface area contributed by atoms with Gasteiger partial charge in [-0.1, -0.05) is 38.3 Å². The number of aromatic nitrogens is 4. The van der Waals surface area contributed by atoms with Crippen molar-refractivity contribution in [3.63, 3.8) is 0 Å². The Labute approximate surface area is 124 Å². The van der Waals surface area contributed by atoms with Crippen molar-refractivity contribution in [2.75, 3.05) is 0 Å². The SMILES string of the molecule is CC(C)c1nn(C)cc1-c1noc(C2(O)CCCCC2)n1. The molecule has 2 aromatic rings. The molecule has 0 unspecified atom stereocenters. The second-order valence-corrected chi connectivity index (χ2v) is 6.27. The van der Waals surface area contributed by atoms with Gasteiger partial charge in [-0.25, -0.2) is 0 Å². The summed E-state index contributed by atoms with van der Waals surface area (Å²) in [6.45, 7) is 4.17. The van der Waals surface area contributed by atoms with Crippen molar-refractivity contribution in [1.82, 2.24) is 19.9 Å². The number of aryl methyl sites for hydroxylation is 1. The van der Waals surface area contributed by atoms with E-state index in [1.54, 1.807) is 4.68 Å². The van der Waals surface area contributed by atoms with Crippen LogP contribution in [0.5, 0.6) is 0 Å². The molecule has 1 fully saturated rings. The smallest absolute Gasteiger partial charge is 0.258 e. The zero-order valence-electron chi connectivity index (χ0n) is 12.8. The lowest BCUT2D eigenvalue weighted by Crippen LogP contribution is -2.28. The van der Waals surface area contributed by atoms with E-state index in [-0.39, 0.29) is 5.92 Å². The second kappa shape index (κ2) is 5.26. The van der Waals surface area contributed by atoms with Gasteiger partial charge in [0, 0.05) is 13.2 Å². The van der Waals surface area contributed by atoms with Crippen LogP contribution in [0.15, 0.2) is 10.7 Å². The highest BCUT2D eigenvalue weighted by molar-refractivity contribution is 5.57. The summed E-state index contributed by atoms with van der Waals surface area (Å²) in [6, 6.07) is 0. The lowest BCUT2D eigenvalue weighted by atomic mass is 9.85. The van der Waals surface area contributed by atoms with Gasteiger partial charge >= 0.3 is 0 Å². The quantitative estimate of drug-likeness (QED) is 0.940. The first kappa shape index (κ1) is 14.3. The largest absolute Gasteiger partial charge is 0.380 e. The standard InChI is InChI=1S/C15H22N4O2/c1-10(2)12-11(9-19(3)17-12)13-16-14(21-18-13)15(20)7-5-4-6-8-15/h9-10,20H,4-8H2,1-3H3. The Balaban J connectivity index is 1.95. The summed E-state index contributed by atoms with van der Waals surface area (Å²) in [5, 5.41) is 19.2. The van der Waals surface area contributed by atoms with Crippen LogP contribution in [0.25, 0.3) is 11.4 Å². The maximum atomic E-state index is 10.7. The molecule has 0 saturated heterocycles. The molecular weight excluding hydrogens is 268 g/mol. The average Bonchev–Trinajstić information content (AvgIpc) is 3.06. The van der Waals surface area contributed by atoms with E-state index in [9.17, 15) is 5.11 Å². The van der Waals surface area contributed by atoms with Crippen molar-refractivity contribution >= 4 is 0 Å².